The van der Waals surface area contributed by atoms with Crippen LogP contribution in [0, 0.1) is 11.6 Å². The number of hydrogen-bond donors (Lipinski definition) is 2. The molecule has 1 aliphatic rings. The monoisotopic (exact) mass is 818 g/mol. The molecule has 6 rings (SSSR count). The fourth-order valence-corrected chi connectivity index (χ4v) is 13.0. The molecule has 1 aromatic heterocycles. The van der Waals surface area contributed by atoms with Gasteiger partial charge in [-0.15, -0.1) is 0 Å². The van der Waals surface area contributed by atoms with E-state index in [0.29, 0.717) is 25.1 Å². The average molecular weight is 819 g/mol. The van der Waals surface area contributed by atoms with Crippen molar-refractivity contribution in [2.45, 2.75) is 89.3 Å². The number of aliphatic carboxylic acids is 1. The number of nitrogens with one attached hydrogen (secondary N) is 1. The predicted molar refractivity (Wildman–Crippen MR) is 222 cm³/mol. The maximum atomic E-state index is 16.8. The van der Waals surface area contributed by atoms with Crippen LogP contribution in [0.5, 0.6) is 5.75 Å². The first kappa shape index (κ1) is 43.1. The summed E-state index contributed by atoms with van der Waals surface area (Å²) in [6, 6.07) is 27.4. The van der Waals surface area contributed by atoms with Gasteiger partial charge < -0.3 is 24.0 Å². The Morgan fingerprint density at radius 2 is 1.41 bits per heavy atom. The van der Waals surface area contributed by atoms with Crippen molar-refractivity contribution in [3.05, 3.63) is 126 Å². The number of para-hydroxylation sites is 1. The zero-order valence-electron chi connectivity index (χ0n) is 33.7. The van der Waals surface area contributed by atoms with Crippen LogP contribution in [0.4, 0.5) is 17.6 Å². The Morgan fingerprint density at radius 1 is 0.845 bits per heavy atom. The summed E-state index contributed by atoms with van der Waals surface area (Å²) in [6.07, 6.45) is 4.33. The first-order valence-corrected chi connectivity index (χ1v) is 22.0. The van der Waals surface area contributed by atoms with Crippen molar-refractivity contribution in [3.8, 4) is 5.75 Å². The largest absolute Gasteiger partial charge is 0.493 e. The lowest BCUT2D eigenvalue weighted by Crippen LogP contribution is -2.67. The molecule has 12 heteroatoms. The molecule has 0 amide bonds. The Balaban J connectivity index is 1.25. The van der Waals surface area contributed by atoms with E-state index in [9.17, 15) is 4.79 Å². The highest BCUT2D eigenvalue weighted by Crippen LogP contribution is 2.45. The number of aromatic amines is 1. The predicted octanol–water partition coefficient (Wildman–Crippen LogP) is 9.42. The van der Waals surface area contributed by atoms with Crippen LogP contribution < -0.4 is 15.1 Å². The van der Waals surface area contributed by atoms with Gasteiger partial charge in [-0.1, -0.05) is 119 Å². The highest BCUT2D eigenvalue weighted by atomic mass is 28.4. The summed E-state index contributed by atoms with van der Waals surface area (Å²) in [5.74, 6) is -6.14. The van der Waals surface area contributed by atoms with Crippen LogP contribution in [0.25, 0.3) is 10.9 Å². The zero-order chi connectivity index (χ0) is 41.5. The average Bonchev–Trinajstić information content (AvgIpc) is 3.54. The number of hydrogen-bond acceptors (Lipinski definition) is 5. The molecule has 0 fully saturated rings. The number of ether oxygens (including phenoxy) is 2. The zero-order valence-corrected chi connectivity index (χ0v) is 34.7. The van der Waals surface area contributed by atoms with Crippen molar-refractivity contribution in [1.29, 1.82) is 0 Å². The molecule has 0 aliphatic carbocycles. The first-order valence-electron chi connectivity index (χ1n) is 20.1. The molecule has 5 aromatic rings. The van der Waals surface area contributed by atoms with Crippen LogP contribution >= 0.6 is 0 Å². The van der Waals surface area contributed by atoms with Gasteiger partial charge in [0.15, 0.2) is 0 Å². The van der Waals surface area contributed by atoms with Crippen molar-refractivity contribution in [3.63, 3.8) is 0 Å². The number of H-pyrrole nitrogens is 1. The molecule has 4 aromatic carbocycles. The molecule has 2 atom stereocenters. The molecule has 2 N–H and O–H groups in total. The highest BCUT2D eigenvalue weighted by Gasteiger charge is 2.52. The van der Waals surface area contributed by atoms with Gasteiger partial charge >= 0.3 is 5.97 Å². The highest BCUT2D eigenvalue weighted by molar-refractivity contribution is 6.99. The number of fused-ring (bicyclic) bond motifs is 3. The molecule has 7 nitrogen and oxygen atoms in total. The van der Waals surface area contributed by atoms with Crippen LogP contribution in [-0.4, -0.2) is 74.2 Å². The van der Waals surface area contributed by atoms with E-state index in [2.05, 4.69) is 4.98 Å². The molecule has 0 saturated heterocycles. The minimum Gasteiger partial charge on any atom is -0.493 e. The Hall–Kier alpha value is -4.49. The van der Waals surface area contributed by atoms with Gasteiger partial charge in [0.1, 0.15) is 24.0 Å². The summed E-state index contributed by atoms with van der Waals surface area (Å²) >= 11 is 0. The van der Waals surface area contributed by atoms with Crippen molar-refractivity contribution >= 4 is 35.6 Å². The summed E-state index contributed by atoms with van der Waals surface area (Å²) in [7, 11) is -3.32. The summed E-state index contributed by atoms with van der Waals surface area (Å²) in [6.45, 7) is 6.54. The number of carboxylic acid groups (broad SMARTS) is 1. The van der Waals surface area contributed by atoms with Crippen molar-refractivity contribution in [2.24, 2.45) is 0 Å². The second-order valence-electron chi connectivity index (χ2n) is 16.4. The fourth-order valence-electron chi connectivity index (χ4n) is 8.44. The van der Waals surface area contributed by atoms with E-state index in [-0.39, 0.29) is 24.5 Å². The summed E-state index contributed by atoms with van der Waals surface area (Å²) in [4.78, 5) is 15.4. The van der Waals surface area contributed by atoms with E-state index in [1.807, 2.05) is 113 Å². The molecule has 2 heterocycles. The third-order valence-corrected chi connectivity index (χ3v) is 16.1. The molecule has 0 bridgehead atoms. The molecule has 310 valence electrons. The van der Waals surface area contributed by atoms with E-state index in [4.69, 9.17) is 19.0 Å². The normalized spacial score (nSPS) is 16.4. The number of carbonyl (C=O) groups is 1. The van der Waals surface area contributed by atoms with Crippen molar-refractivity contribution < 1.29 is 41.4 Å². The van der Waals surface area contributed by atoms with Crippen LogP contribution in [0.15, 0.2) is 97.1 Å². The van der Waals surface area contributed by atoms with Gasteiger partial charge in [0.05, 0.1) is 25.8 Å². The number of alkyl halides is 2. The SMILES string of the molecule is C[C@@H]1Cc2c([nH]c3ccccc23)[C@@H](c2c(F)cc(OCCCCCCCOCC(=O)O)cc2F)N1CC(F)(F)CO[Si](c1ccccc1)(c1ccccc1)C(C)(C)C. The van der Waals surface area contributed by atoms with Crippen LogP contribution in [0.3, 0.4) is 0 Å². The number of halogens is 4. The summed E-state index contributed by atoms with van der Waals surface area (Å²) < 4.78 is 83.9. The fraction of sp³-hybridized carbons (Fsp3) is 0.413. The van der Waals surface area contributed by atoms with E-state index in [1.165, 1.54) is 4.90 Å². The number of rotatable bonds is 19. The minimum absolute atomic E-state index is 0.0251. The first-order chi connectivity index (χ1) is 27.7. The van der Waals surface area contributed by atoms with Gasteiger partial charge in [0, 0.05) is 46.9 Å². The van der Waals surface area contributed by atoms with E-state index >= 15 is 17.6 Å². The molecule has 58 heavy (non-hydrogen) atoms. The molecule has 0 unspecified atom stereocenters. The Bertz CT molecular complexity index is 2060. The Labute approximate surface area is 339 Å². The van der Waals surface area contributed by atoms with Crippen LogP contribution in [0.2, 0.25) is 5.04 Å². The lowest BCUT2D eigenvalue weighted by molar-refractivity contribution is -0.142. The van der Waals surface area contributed by atoms with Gasteiger partial charge in [0.2, 0.25) is 0 Å². The Kier molecular flexibility index (Phi) is 13.8. The third kappa shape index (κ3) is 9.68. The Morgan fingerprint density at radius 3 is 2.02 bits per heavy atom. The van der Waals surface area contributed by atoms with Crippen molar-refractivity contribution in [2.75, 3.05) is 33.0 Å². The summed E-state index contributed by atoms with van der Waals surface area (Å²) in [5.41, 5.74) is 1.79. The molecule has 1 aliphatic heterocycles. The number of benzene rings is 4. The van der Waals surface area contributed by atoms with Crippen LogP contribution in [0.1, 0.15) is 82.7 Å². The second-order valence-corrected chi connectivity index (χ2v) is 20.7. The number of unbranched alkanes of at least 4 members (excludes halogenated alkanes) is 4. The number of carboxylic acids is 1. The van der Waals surface area contributed by atoms with E-state index < -0.39 is 62.1 Å². The van der Waals surface area contributed by atoms with E-state index in [1.54, 1.807) is 0 Å². The molecule has 0 spiro atoms. The van der Waals surface area contributed by atoms with Gasteiger partial charge in [-0.2, -0.15) is 0 Å². The van der Waals surface area contributed by atoms with Gasteiger partial charge in [-0.05, 0) is 53.2 Å². The second kappa shape index (κ2) is 18.6. The number of nitrogens with zero attached hydrogens (tertiary/aromatic N) is 1. The maximum Gasteiger partial charge on any atom is 0.329 e. The van der Waals surface area contributed by atoms with Crippen molar-refractivity contribution in [1.82, 2.24) is 9.88 Å². The lowest BCUT2D eigenvalue weighted by Gasteiger charge is -2.45. The maximum absolute atomic E-state index is 16.8. The standard InChI is InChI=1S/C46H54F4N2O5Si/c1-32-26-37-36-22-14-15-23-40(36)51-43(37)44(42-38(47)27-33(28-39(42)48)56-25-17-7-5-6-16-24-55-29-41(53)54)52(32)30-46(49,50)31-57-58(45(2,3)4,34-18-10-8-11-19-34)35-20-12-9-13-21-35/h8-15,18-23,27-28,32,44,51H,5-7,16-17,24-26,29-31H2,1-4H3,(H,53,54)/t32-,44-/m1/s1. The lowest BCUT2D eigenvalue weighted by atomic mass is 9.87. The van der Waals surface area contributed by atoms with Crippen LogP contribution in [-0.2, 0) is 20.4 Å². The molecule has 0 saturated carbocycles. The molecule has 0 radical (unpaired) electrons. The topological polar surface area (TPSA) is 84.0 Å². The number of aromatic nitrogens is 1. The smallest absolute Gasteiger partial charge is 0.329 e. The quantitative estimate of drug-likeness (QED) is 0.0491. The summed E-state index contributed by atoms with van der Waals surface area (Å²) in [5, 5.41) is 10.8. The van der Waals surface area contributed by atoms with E-state index in [0.717, 1.165) is 64.7 Å². The molecular formula is C46H54F4N2O5Si. The van der Waals surface area contributed by atoms with Gasteiger partial charge in [-0.3, -0.25) is 4.90 Å². The van der Waals surface area contributed by atoms with Gasteiger partial charge in [-0.25, -0.2) is 22.4 Å². The molecular weight excluding hydrogens is 765 g/mol. The minimum atomic E-state index is -3.41. The van der Waals surface area contributed by atoms with Gasteiger partial charge in [0.25, 0.3) is 14.2 Å². The third-order valence-electron chi connectivity index (χ3n) is 11.1.